The average Bonchev–Trinajstić information content (AvgIpc) is 2.95. The molecular weight excluding hydrogens is 342 g/mol. The number of halogens is 2. The van der Waals surface area contributed by atoms with Gasteiger partial charge in [-0.15, -0.1) is 0 Å². The van der Waals surface area contributed by atoms with Gasteiger partial charge >= 0.3 is 5.97 Å². The van der Waals surface area contributed by atoms with Crippen LogP contribution in [0.25, 0.3) is 0 Å². The molecule has 0 aliphatic carbocycles. The summed E-state index contributed by atoms with van der Waals surface area (Å²) in [6.45, 7) is 1.41. The molecule has 24 heavy (non-hydrogen) atoms. The Hall–Kier alpha value is -2.16. The van der Waals surface area contributed by atoms with Crippen LogP contribution in [0.5, 0.6) is 0 Å². The van der Waals surface area contributed by atoms with Crippen LogP contribution in [0.4, 0.5) is 14.5 Å². The summed E-state index contributed by atoms with van der Waals surface area (Å²) < 4.78 is 29.5. The van der Waals surface area contributed by atoms with Crippen molar-refractivity contribution in [3.8, 4) is 0 Å². The van der Waals surface area contributed by atoms with E-state index in [0.717, 1.165) is 0 Å². The quantitative estimate of drug-likeness (QED) is 0.601. The number of carbonyl (C=O) groups excluding carboxylic acids is 3. The fourth-order valence-corrected chi connectivity index (χ4v) is 2.56. The van der Waals surface area contributed by atoms with Crippen molar-refractivity contribution in [3.63, 3.8) is 0 Å². The van der Waals surface area contributed by atoms with Gasteiger partial charge in [0.05, 0.1) is 0 Å². The van der Waals surface area contributed by atoms with Gasteiger partial charge in [0.1, 0.15) is 6.04 Å². The molecule has 0 spiro atoms. The maximum atomic E-state index is 12.2. The van der Waals surface area contributed by atoms with Crippen LogP contribution in [0.1, 0.15) is 19.8 Å². The van der Waals surface area contributed by atoms with Crippen molar-refractivity contribution in [1.29, 1.82) is 0 Å². The third-order valence-corrected chi connectivity index (χ3v) is 4.01. The number of amides is 2. The van der Waals surface area contributed by atoms with Crippen LogP contribution in [0.2, 0.25) is 0 Å². The van der Waals surface area contributed by atoms with E-state index >= 15 is 0 Å². The van der Waals surface area contributed by atoms with Gasteiger partial charge in [-0.25, -0.2) is 4.79 Å². The van der Waals surface area contributed by atoms with Crippen molar-refractivity contribution in [2.75, 3.05) is 5.32 Å². The SMILES string of the molecule is C[C@@H](OC(=O)[C@H]1CCC(=O)N1)C(=O)Nc1ccc(SC(F)F)cc1. The number of hydrogen-bond donors (Lipinski definition) is 2. The second-order valence-corrected chi connectivity index (χ2v) is 6.19. The zero-order valence-electron chi connectivity index (χ0n) is 12.8. The van der Waals surface area contributed by atoms with E-state index in [1.807, 2.05) is 0 Å². The molecule has 0 bridgehead atoms. The zero-order valence-corrected chi connectivity index (χ0v) is 13.6. The Morgan fingerprint density at radius 2 is 2.00 bits per heavy atom. The smallest absolute Gasteiger partial charge is 0.329 e. The monoisotopic (exact) mass is 358 g/mol. The number of esters is 1. The van der Waals surface area contributed by atoms with Gasteiger partial charge in [0.15, 0.2) is 6.10 Å². The third kappa shape index (κ3) is 5.19. The first-order valence-electron chi connectivity index (χ1n) is 7.21. The first-order valence-corrected chi connectivity index (χ1v) is 8.08. The standard InChI is InChI=1S/C15H16F2N2O4S/c1-8(23-14(22)11-6-7-12(20)19-11)13(21)18-9-2-4-10(5-3-9)24-15(16)17/h2-5,8,11,15H,6-7H2,1H3,(H,18,21)(H,19,20)/t8-,11-/m1/s1. The van der Waals surface area contributed by atoms with Crippen LogP contribution >= 0.6 is 11.8 Å². The molecule has 1 fully saturated rings. The Labute approximate surface area is 141 Å². The topological polar surface area (TPSA) is 84.5 Å². The lowest BCUT2D eigenvalue weighted by Gasteiger charge is -2.16. The summed E-state index contributed by atoms with van der Waals surface area (Å²) >= 11 is 0.405. The number of anilines is 1. The van der Waals surface area contributed by atoms with Gasteiger partial charge in [0, 0.05) is 17.0 Å². The third-order valence-electron chi connectivity index (χ3n) is 3.29. The summed E-state index contributed by atoms with van der Waals surface area (Å²) in [4.78, 5) is 35.2. The minimum absolute atomic E-state index is 0.226. The normalized spacial score (nSPS) is 18.2. The Kier molecular flexibility index (Phi) is 6.13. The molecule has 1 aliphatic rings. The molecule has 1 aliphatic heterocycles. The lowest BCUT2D eigenvalue weighted by Crippen LogP contribution is -2.39. The summed E-state index contributed by atoms with van der Waals surface area (Å²) in [6, 6.07) is 5.15. The fourth-order valence-electron chi connectivity index (χ4n) is 2.06. The van der Waals surface area contributed by atoms with Crippen molar-refractivity contribution in [2.45, 2.75) is 42.6 Å². The van der Waals surface area contributed by atoms with E-state index < -0.39 is 29.8 Å². The zero-order chi connectivity index (χ0) is 17.7. The number of carbonyl (C=O) groups is 3. The van der Waals surface area contributed by atoms with Crippen LogP contribution in [0.3, 0.4) is 0 Å². The summed E-state index contributed by atoms with van der Waals surface area (Å²) in [5.74, 6) is -3.95. The number of alkyl halides is 2. The number of rotatable bonds is 6. The first-order chi connectivity index (χ1) is 11.3. The van der Waals surface area contributed by atoms with E-state index in [9.17, 15) is 23.2 Å². The van der Waals surface area contributed by atoms with Crippen molar-refractivity contribution < 1.29 is 27.9 Å². The Morgan fingerprint density at radius 1 is 1.33 bits per heavy atom. The second-order valence-electron chi connectivity index (χ2n) is 5.13. The van der Waals surface area contributed by atoms with Crippen LogP contribution in [0.15, 0.2) is 29.2 Å². The molecule has 0 unspecified atom stereocenters. The van der Waals surface area contributed by atoms with Crippen molar-refractivity contribution in [2.24, 2.45) is 0 Å². The predicted octanol–water partition coefficient (Wildman–Crippen LogP) is 2.15. The minimum atomic E-state index is -2.51. The molecule has 2 rings (SSSR count). The van der Waals surface area contributed by atoms with Crippen molar-refractivity contribution in [1.82, 2.24) is 5.32 Å². The Bertz CT molecular complexity index is 624. The lowest BCUT2D eigenvalue weighted by atomic mass is 10.2. The van der Waals surface area contributed by atoms with Crippen LogP contribution < -0.4 is 10.6 Å². The highest BCUT2D eigenvalue weighted by Gasteiger charge is 2.30. The van der Waals surface area contributed by atoms with Crippen LogP contribution in [-0.2, 0) is 19.1 Å². The van der Waals surface area contributed by atoms with E-state index in [2.05, 4.69) is 10.6 Å². The van der Waals surface area contributed by atoms with E-state index in [1.165, 1.54) is 31.2 Å². The summed E-state index contributed by atoms with van der Waals surface area (Å²) in [5, 5.41) is 4.99. The molecule has 2 atom stereocenters. The van der Waals surface area contributed by atoms with E-state index in [0.29, 0.717) is 28.8 Å². The second kappa shape index (κ2) is 8.09. The summed E-state index contributed by atoms with van der Waals surface area (Å²) in [6.07, 6.45) is -0.455. The average molecular weight is 358 g/mol. The number of nitrogens with one attached hydrogen (secondary N) is 2. The van der Waals surface area contributed by atoms with Crippen molar-refractivity contribution in [3.05, 3.63) is 24.3 Å². The van der Waals surface area contributed by atoms with Crippen molar-refractivity contribution >= 4 is 35.2 Å². The molecule has 0 saturated carbocycles. The molecule has 9 heteroatoms. The van der Waals surface area contributed by atoms with Gasteiger partial charge < -0.3 is 15.4 Å². The number of ether oxygens (including phenoxy) is 1. The molecule has 2 amide bonds. The van der Waals surface area contributed by atoms with Gasteiger partial charge in [0.2, 0.25) is 5.91 Å². The maximum absolute atomic E-state index is 12.2. The number of benzene rings is 1. The van der Waals surface area contributed by atoms with Gasteiger partial charge in [-0.1, -0.05) is 11.8 Å². The van der Waals surface area contributed by atoms with Crippen LogP contribution in [-0.4, -0.2) is 35.7 Å². The molecule has 1 saturated heterocycles. The number of thioether (sulfide) groups is 1. The first kappa shape index (κ1) is 18.2. The van der Waals surface area contributed by atoms with Gasteiger partial charge in [-0.2, -0.15) is 8.78 Å². The van der Waals surface area contributed by atoms with Gasteiger partial charge in [-0.3, -0.25) is 9.59 Å². The largest absolute Gasteiger partial charge is 0.451 e. The summed E-state index contributed by atoms with van der Waals surface area (Å²) in [7, 11) is 0. The van der Waals surface area contributed by atoms with E-state index in [4.69, 9.17) is 4.74 Å². The van der Waals surface area contributed by atoms with Gasteiger partial charge in [-0.05, 0) is 37.6 Å². The molecule has 6 nitrogen and oxygen atoms in total. The fraction of sp³-hybridized carbons (Fsp3) is 0.400. The predicted molar refractivity (Wildman–Crippen MR) is 83.7 cm³/mol. The lowest BCUT2D eigenvalue weighted by molar-refractivity contribution is -0.155. The molecule has 1 aromatic rings. The van der Waals surface area contributed by atoms with Crippen LogP contribution in [0, 0.1) is 0 Å². The Morgan fingerprint density at radius 3 is 2.54 bits per heavy atom. The molecular formula is C15H16F2N2O4S. The number of hydrogen-bond acceptors (Lipinski definition) is 5. The molecule has 1 heterocycles. The molecule has 130 valence electrons. The van der Waals surface area contributed by atoms with E-state index in [1.54, 1.807) is 0 Å². The molecule has 0 aromatic heterocycles. The minimum Gasteiger partial charge on any atom is -0.451 e. The highest BCUT2D eigenvalue weighted by molar-refractivity contribution is 7.99. The van der Waals surface area contributed by atoms with Gasteiger partial charge in [0.25, 0.3) is 11.7 Å². The highest BCUT2D eigenvalue weighted by Crippen LogP contribution is 2.26. The molecule has 0 radical (unpaired) electrons. The Balaban J connectivity index is 1.84. The highest BCUT2D eigenvalue weighted by atomic mass is 32.2. The molecule has 1 aromatic carbocycles. The maximum Gasteiger partial charge on any atom is 0.329 e. The summed E-state index contributed by atoms with van der Waals surface area (Å²) in [5.41, 5.74) is 0.399. The van der Waals surface area contributed by atoms with E-state index in [-0.39, 0.29) is 12.3 Å². The molecule has 2 N–H and O–H groups in total.